The van der Waals surface area contributed by atoms with E-state index in [0.29, 0.717) is 13.1 Å². The fourth-order valence-electron chi connectivity index (χ4n) is 4.48. The van der Waals surface area contributed by atoms with Crippen molar-refractivity contribution in [3.8, 4) is 0 Å². The van der Waals surface area contributed by atoms with Gasteiger partial charge in [-0.05, 0) is 41.5 Å². The summed E-state index contributed by atoms with van der Waals surface area (Å²) in [6.45, 7) is 1.20. The summed E-state index contributed by atoms with van der Waals surface area (Å²) in [7, 11) is 0. The molecule has 0 atom stereocenters. The van der Waals surface area contributed by atoms with Gasteiger partial charge in [-0.3, -0.25) is 9.59 Å². The molecule has 176 valence electrons. The second-order valence-electron chi connectivity index (χ2n) is 8.82. The molecule has 0 spiro atoms. The minimum absolute atomic E-state index is 0.00992. The van der Waals surface area contributed by atoms with Crippen LogP contribution in [-0.2, 0) is 22.7 Å². The maximum atomic E-state index is 13.6. The molecule has 5 heteroatoms. The van der Waals surface area contributed by atoms with Gasteiger partial charge in [0.05, 0.1) is 6.54 Å². The van der Waals surface area contributed by atoms with Crippen molar-refractivity contribution in [3.05, 3.63) is 100 Å². The quantitative estimate of drug-likeness (QED) is 0.350. The van der Waals surface area contributed by atoms with Crippen molar-refractivity contribution < 1.29 is 9.59 Å². The molecule has 1 aromatic heterocycles. The van der Waals surface area contributed by atoms with Crippen LogP contribution in [0.3, 0.4) is 0 Å². The van der Waals surface area contributed by atoms with Gasteiger partial charge in [-0.25, -0.2) is 0 Å². The van der Waals surface area contributed by atoms with Gasteiger partial charge in [0, 0.05) is 23.5 Å². The first-order chi connectivity index (χ1) is 16.7. The van der Waals surface area contributed by atoms with Gasteiger partial charge in [-0.15, -0.1) is 11.3 Å². The van der Waals surface area contributed by atoms with Crippen LogP contribution >= 0.6 is 11.3 Å². The Labute approximate surface area is 206 Å². The zero-order valence-corrected chi connectivity index (χ0v) is 20.3. The minimum Gasteiger partial charge on any atom is -0.332 e. The lowest BCUT2D eigenvalue weighted by Crippen LogP contribution is -2.47. The average Bonchev–Trinajstić information content (AvgIpc) is 3.40. The van der Waals surface area contributed by atoms with Gasteiger partial charge in [0.25, 0.3) is 0 Å². The number of rotatable bonds is 9. The van der Waals surface area contributed by atoms with E-state index in [4.69, 9.17) is 0 Å². The molecule has 0 radical (unpaired) electrons. The molecule has 1 saturated carbocycles. The lowest BCUT2D eigenvalue weighted by Gasteiger charge is -2.35. The van der Waals surface area contributed by atoms with E-state index in [9.17, 15) is 9.59 Å². The molecule has 2 amide bonds. The zero-order valence-electron chi connectivity index (χ0n) is 19.5. The first-order valence-electron chi connectivity index (χ1n) is 12.1. The van der Waals surface area contributed by atoms with Gasteiger partial charge in [0.15, 0.2) is 0 Å². The molecule has 0 aliphatic heterocycles. The van der Waals surface area contributed by atoms with Crippen molar-refractivity contribution >= 4 is 29.2 Å². The van der Waals surface area contributed by atoms with Crippen LogP contribution in [-0.4, -0.2) is 34.2 Å². The lowest BCUT2D eigenvalue weighted by atomic mass is 9.94. The average molecular weight is 473 g/mol. The number of carbonyl (C=O) groups excluding carboxylic acids is 2. The number of nitrogens with zero attached hydrogens (tertiary/aromatic N) is 2. The molecule has 4 nitrogen and oxygen atoms in total. The molecule has 4 rings (SSSR count). The van der Waals surface area contributed by atoms with Gasteiger partial charge >= 0.3 is 0 Å². The predicted molar refractivity (Wildman–Crippen MR) is 139 cm³/mol. The summed E-state index contributed by atoms with van der Waals surface area (Å²) in [6, 6.07) is 24.1. The van der Waals surface area contributed by atoms with Crippen LogP contribution < -0.4 is 0 Å². The van der Waals surface area contributed by atoms with E-state index in [-0.39, 0.29) is 24.4 Å². The van der Waals surface area contributed by atoms with Crippen LogP contribution in [0.2, 0.25) is 0 Å². The van der Waals surface area contributed by atoms with Crippen molar-refractivity contribution in [2.24, 2.45) is 0 Å². The Balaban J connectivity index is 1.52. The standard InChI is InChI=1S/C29H32N2O2S/c32-28(19-18-24-11-4-1-5-12-24)31(26-15-8-3-9-16-26)23-29(33)30(22-27-17-10-20-34-27)21-25-13-6-2-7-14-25/h1-2,4-7,10-14,17-20,26H,3,8-9,15-16,21-23H2. The first-order valence-corrected chi connectivity index (χ1v) is 12.9. The first kappa shape index (κ1) is 24.0. The number of carbonyl (C=O) groups is 2. The highest BCUT2D eigenvalue weighted by atomic mass is 32.1. The van der Waals surface area contributed by atoms with Crippen LogP contribution in [0.5, 0.6) is 0 Å². The van der Waals surface area contributed by atoms with Gasteiger partial charge in [0.1, 0.15) is 6.54 Å². The molecule has 1 aliphatic carbocycles. The number of thiophene rings is 1. The maximum absolute atomic E-state index is 13.6. The maximum Gasteiger partial charge on any atom is 0.247 e. The molecule has 0 saturated heterocycles. The molecule has 1 fully saturated rings. The van der Waals surface area contributed by atoms with E-state index in [2.05, 4.69) is 6.07 Å². The second kappa shape index (κ2) is 12.3. The summed E-state index contributed by atoms with van der Waals surface area (Å²) in [6.07, 6.45) is 8.80. The summed E-state index contributed by atoms with van der Waals surface area (Å²) in [4.78, 5) is 31.8. The largest absolute Gasteiger partial charge is 0.332 e. The highest BCUT2D eigenvalue weighted by molar-refractivity contribution is 7.09. The van der Waals surface area contributed by atoms with Crippen LogP contribution in [0.15, 0.2) is 84.3 Å². The van der Waals surface area contributed by atoms with Crippen LogP contribution in [0.25, 0.3) is 6.08 Å². The monoisotopic (exact) mass is 472 g/mol. The van der Waals surface area contributed by atoms with Gasteiger partial charge in [-0.1, -0.05) is 86.0 Å². The molecular weight excluding hydrogens is 440 g/mol. The lowest BCUT2D eigenvalue weighted by molar-refractivity contribution is -0.141. The molecule has 0 bridgehead atoms. The Bertz CT molecular complexity index is 1060. The van der Waals surface area contributed by atoms with Gasteiger partial charge < -0.3 is 9.80 Å². The molecule has 1 heterocycles. The summed E-state index contributed by atoms with van der Waals surface area (Å²) in [5.74, 6) is -0.0934. The second-order valence-corrected chi connectivity index (χ2v) is 9.85. The molecule has 0 unspecified atom stereocenters. The van der Waals surface area contributed by atoms with Crippen molar-refractivity contribution in [2.45, 2.75) is 51.2 Å². The van der Waals surface area contributed by atoms with Crippen LogP contribution in [0.1, 0.15) is 48.1 Å². The van der Waals surface area contributed by atoms with E-state index in [0.717, 1.165) is 41.7 Å². The fourth-order valence-corrected chi connectivity index (χ4v) is 5.20. The summed E-state index contributed by atoms with van der Waals surface area (Å²) in [5.41, 5.74) is 2.07. The van der Waals surface area contributed by atoms with Crippen LogP contribution in [0, 0.1) is 0 Å². The van der Waals surface area contributed by atoms with Crippen molar-refractivity contribution in [2.75, 3.05) is 6.54 Å². The fraction of sp³-hybridized carbons (Fsp3) is 0.310. The van der Waals surface area contributed by atoms with Crippen molar-refractivity contribution in [1.82, 2.24) is 9.80 Å². The van der Waals surface area contributed by atoms with Crippen molar-refractivity contribution in [3.63, 3.8) is 0 Å². The van der Waals surface area contributed by atoms with E-state index in [1.165, 1.54) is 6.42 Å². The Morgan fingerprint density at radius 1 is 0.853 bits per heavy atom. The molecule has 1 aliphatic rings. The molecular formula is C29H32N2O2S. The summed E-state index contributed by atoms with van der Waals surface area (Å²) in [5, 5.41) is 2.03. The van der Waals surface area contributed by atoms with E-state index >= 15 is 0 Å². The highest BCUT2D eigenvalue weighted by Crippen LogP contribution is 2.24. The zero-order chi connectivity index (χ0) is 23.6. The Morgan fingerprint density at radius 3 is 2.24 bits per heavy atom. The van der Waals surface area contributed by atoms with Crippen LogP contribution in [0.4, 0.5) is 0 Å². The molecule has 34 heavy (non-hydrogen) atoms. The summed E-state index contributed by atoms with van der Waals surface area (Å²) >= 11 is 1.65. The summed E-state index contributed by atoms with van der Waals surface area (Å²) < 4.78 is 0. The van der Waals surface area contributed by atoms with E-state index in [1.54, 1.807) is 17.4 Å². The Morgan fingerprint density at radius 2 is 1.56 bits per heavy atom. The van der Waals surface area contributed by atoms with Gasteiger partial charge in [-0.2, -0.15) is 0 Å². The highest BCUT2D eigenvalue weighted by Gasteiger charge is 2.28. The number of hydrogen-bond donors (Lipinski definition) is 0. The normalized spacial score (nSPS) is 14.2. The molecule has 2 aromatic carbocycles. The number of benzene rings is 2. The topological polar surface area (TPSA) is 40.6 Å². The minimum atomic E-state index is -0.0834. The van der Waals surface area contributed by atoms with E-state index < -0.39 is 0 Å². The van der Waals surface area contributed by atoms with Crippen molar-refractivity contribution in [1.29, 1.82) is 0 Å². The SMILES string of the molecule is O=C(CN(C(=O)C=Cc1ccccc1)C1CCCCC1)N(Cc1ccccc1)Cc1cccs1. The van der Waals surface area contributed by atoms with Gasteiger partial charge in [0.2, 0.25) is 11.8 Å². The predicted octanol–water partition coefficient (Wildman–Crippen LogP) is 6.15. The number of hydrogen-bond acceptors (Lipinski definition) is 3. The third-order valence-electron chi connectivity index (χ3n) is 6.32. The number of amides is 2. The van der Waals surface area contributed by atoms with E-state index in [1.807, 2.05) is 88.0 Å². The Hall–Kier alpha value is -3.18. The Kier molecular flexibility index (Phi) is 8.69. The smallest absolute Gasteiger partial charge is 0.247 e. The third kappa shape index (κ3) is 6.91. The molecule has 0 N–H and O–H groups in total. The molecule has 3 aromatic rings. The third-order valence-corrected chi connectivity index (χ3v) is 7.18.